The van der Waals surface area contributed by atoms with E-state index in [0.29, 0.717) is 51.6 Å². The maximum atomic E-state index is 13.3. The monoisotopic (exact) mass is 1300 g/mol. The maximum absolute atomic E-state index is 13.3. The number of carboxylic acid groups (broad SMARTS) is 1. The maximum Gasteiger partial charge on any atom is 0.325 e. The van der Waals surface area contributed by atoms with Crippen LogP contribution in [0.1, 0.15) is 190 Å². The lowest BCUT2D eigenvalue weighted by Crippen LogP contribution is -2.59. The molecular weight excluding hydrogens is 1200 g/mol. The Morgan fingerprint density at radius 2 is 1.02 bits per heavy atom. The number of hydrazine groups is 2. The number of ketones is 1. The van der Waals surface area contributed by atoms with Crippen molar-refractivity contribution in [2.75, 3.05) is 13.1 Å². The van der Waals surface area contributed by atoms with Gasteiger partial charge in [0, 0.05) is 54.5 Å². The SMILES string of the molecule is C/C=C/[C@@H](CC)C(=O)O.C=Cc1cc2cc([C@@H](C)OC(=O)[C@@H]3CCCN(C(=O)[C@H](C)NC(=O)[C@@H](CC(=O)OC(C)(C)C)C(C)C)N3)ccc2cn1.C=Cc1cc2cc([C@@H](C)OC(=O)[C@@H]3CCCN(C(=O)[C@H](C)NC(=O)[C@@H](CC(=O)[C@@H](/C=C/C)CC)C(C)C)N3)ccc2cn1. The highest BCUT2D eigenvalue weighted by atomic mass is 16.6. The second-order valence-corrected chi connectivity index (χ2v) is 25.7. The summed E-state index contributed by atoms with van der Waals surface area (Å²) >= 11 is 0. The number of amides is 4. The van der Waals surface area contributed by atoms with Crippen LogP contribution in [-0.4, -0.2) is 121 Å². The Balaban J connectivity index is 0.000000354. The van der Waals surface area contributed by atoms with Crippen molar-refractivity contribution in [3.05, 3.63) is 121 Å². The Kier molecular flexibility index (Phi) is 31.1. The van der Waals surface area contributed by atoms with Gasteiger partial charge in [-0.2, -0.15) is 0 Å². The van der Waals surface area contributed by atoms with Crippen LogP contribution in [0.15, 0.2) is 98.4 Å². The van der Waals surface area contributed by atoms with Gasteiger partial charge in [0.15, 0.2) is 0 Å². The molecule has 5 N–H and O–H groups in total. The van der Waals surface area contributed by atoms with Crippen LogP contribution < -0.4 is 21.5 Å². The van der Waals surface area contributed by atoms with E-state index in [4.69, 9.17) is 19.3 Å². The summed E-state index contributed by atoms with van der Waals surface area (Å²) in [6, 6.07) is 12.4. The number of carbonyl (C=O) groups is 9. The highest BCUT2D eigenvalue weighted by molar-refractivity contribution is 5.93. The lowest BCUT2D eigenvalue weighted by molar-refractivity contribution is -0.158. The van der Waals surface area contributed by atoms with Gasteiger partial charge in [0.25, 0.3) is 11.8 Å². The Hall–Kier alpha value is -8.43. The molecule has 2 aliphatic rings. The number of ether oxygens (including phenoxy) is 3. The molecule has 0 saturated carbocycles. The predicted octanol–water partition coefficient (Wildman–Crippen LogP) is 11.5. The molecular formula is C73H102N8O13. The van der Waals surface area contributed by atoms with E-state index >= 15 is 0 Å². The van der Waals surface area contributed by atoms with Crippen LogP contribution in [0.5, 0.6) is 0 Å². The molecule has 0 radical (unpaired) electrons. The summed E-state index contributed by atoms with van der Waals surface area (Å²) in [7, 11) is 0. The summed E-state index contributed by atoms with van der Waals surface area (Å²) < 4.78 is 16.9. The molecule has 2 aromatic heterocycles. The molecule has 21 heteroatoms. The van der Waals surface area contributed by atoms with Gasteiger partial charge >= 0.3 is 23.9 Å². The van der Waals surface area contributed by atoms with Gasteiger partial charge in [-0.3, -0.25) is 63.1 Å². The molecule has 2 fully saturated rings. The van der Waals surface area contributed by atoms with Gasteiger partial charge in [0.2, 0.25) is 11.8 Å². The number of nitrogens with one attached hydrogen (secondary N) is 4. The minimum atomic E-state index is -0.869. The first-order chi connectivity index (χ1) is 44.4. The van der Waals surface area contributed by atoms with E-state index in [-0.39, 0.29) is 60.0 Å². The highest BCUT2D eigenvalue weighted by Gasteiger charge is 2.37. The van der Waals surface area contributed by atoms with Crippen LogP contribution in [0, 0.1) is 35.5 Å². The number of esters is 3. The number of nitrogens with zero attached hydrogens (tertiary/aromatic N) is 4. The molecule has 4 aromatic rings. The normalized spacial score (nSPS) is 17.6. The third-order valence-corrected chi connectivity index (χ3v) is 16.4. The molecule has 2 aromatic carbocycles. The van der Waals surface area contributed by atoms with Crippen molar-refractivity contribution in [1.82, 2.24) is 41.5 Å². The number of aromatic nitrogens is 2. The highest BCUT2D eigenvalue weighted by Crippen LogP contribution is 2.28. The molecule has 6 rings (SSSR count). The molecule has 512 valence electrons. The van der Waals surface area contributed by atoms with E-state index in [1.165, 1.54) is 10.0 Å². The van der Waals surface area contributed by atoms with Crippen molar-refractivity contribution in [1.29, 1.82) is 0 Å². The lowest BCUT2D eigenvalue weighted by Gasteiger charge is -2.35. The number of hydrogen-bond donors (Lipinski definition) is 5. The van der Waals surface area contributed by atoms with Gasteiger partial charge in [-0.15, -0.1) is 0 Å². The molecule has 0 spiro atoms. The minimum Gasteiger partial charge on any atom is -0.481 e. The van der Waals surface area contributed by atoms with E-state index in [1.54, 1.807) is 78.2 Å². The van der Waals surface area contributed by atoms with Crippen LogP contribution in [0.25, 0.3) is 33.7 Å². The molecule has 0 bridgehead atoms. The Morgan fingerprint density at radius 1 is 0.617 bits per heavy atom. The predicted molar refractivity (Wildman–Crippen MR) is 365 cm³/mol. The Labute approximate surface area is 555 Å². The summed E-state index contributed by atoms with van der Waals surface area (Å²) in [4.78, 5) is 123. The largest absolute Gasteiger partial charge is 0.481 e. The van der Waals surface area contributed by atoms with Gasteiger partial charge in [-0.25, -0.2) is 10.9 Å². The van der Waals surface area contributed by atoms with Crippen molar-refractivity contribution < 1.29 is 62.5 Å². The van der Waals surface area contributed by atoms with Gasteiger partial charge in [-0.1, -0.05) is 103 Å². The molecule has 0 aliphatic carbocycles. The summed E-state index contributed by atoms with van der Waals surface area (Å²) in [5, 5.41) is 20.6. The van der Waals surface area contributed by atoms with Crippen molar-refractivity contribution in [3.8, 4) is 0 Å². The molecule has 2 saturated heterocycles. The quantitative estimate of drug-likeness (QED) is 0.0222. The number of Topliss-reactive ketones (excluding diaryl/α,β-unsaturated/α-hetero) is 1. The van der Waals surface area contributed by atoms with Crippen LogP contribution >= 0.6 is 0 Å². The van der Waals surface area contributed by atoms with Crippen LogP contribution in [0.3, 0.4) is 0 Å². The van der Waals surface area contributed by atoms with Crippen molar-refractivity contribution in [2.45, 2.75) is 197 Å². The summed E-state index contributed by atoms with van der Waals surface area (Å²) in [5.74, 6) is -5.49. The van der Waals surface area contributed by atoms with Crippen LogP contribution in [0.2, 0.25) is 0 Å². The third kappa shape index (κ3) is 23.8. The standard InChI is InChI=1S/C34H46N4O5.C32H44N4O6.C7H12O2/c1-8-12-24(9-2)31(39)19-29(21(4)5)32(40)36-22(6)33(41)38-16-11-13-30(37-38)34(42)43-23(7)25-14-15-26-20-35-28(10-3)18-27(26)17-25;1-9-25-16-24-15-22(12-13-23(24)18-33-25)21(5)41-31(40)27-11-10-14-36(35-27)30(39)20(4)34-29(38)26(19(2)3)17-28(37)42-32(6,7)8;1-3-5-6(4-2)7(8)9/h8,10,12,14-15,17-18,20-24,29-30,37H,3,9,11,13,16,19H2,1-2,4-7H3,(H,36,40);9,12-13,15-16,18-21,26-27,35H,1,10-11,14,17H2,2-8H3,(H,34,38);3,5-6H,4H2,1-2H3,(H,8,9)/b12-8+;;5-3+/t22-,23+,24+,29-,30-;20-,21+,26-,27-;6-/m001/s1. The number of allylic oxidation sites excluding steroid dienone is 3. The van der Waals surface area contributed by atoms with Crippen molar-refractivity contribution in [3.63, 3.8) is 0 Å². The number of rotatable bonds is 26. The fraction of sp³-hybridized carbons (Fsp3) is 0.521. The van der Waals surface area contributed by atoms with E-state index in [0.717, 1.165) is 44.1 Å². The van der Waals surface area contributed by atoms with E-state index in [1.807, 2.05) is 123 Å². The summed E-state index contributed by atoms with van der Waals surface area (Å²) in [6.07, 6.45) is 16.7. The molecule has 4 heterocycles. The Morgan fingerprint density at radius 3 is 1.37 bits per heavy atom. The summed E-state index contributed by atoms with van der Waals surface area (Å²) in [6.45, 7) is 35.4. The first-order valence-corrected chi connectivity index (χ1v) is 32.8. The molecule has 94 heavy (non-hydrogen) atoms. The van der Waals surface area contributed by atoms with E-state index in [9.17, 15) is 43.2 Å². The zero-order valence-corrected chi connectivity index (χ0v) is 57.8. The molecule has 0 unspecified atom stereocenters. The van der Waals surface area contributed by atoms with E-state index < -0.39 is 83.6 Å². The number of pyridine rings is 2. The average molecular weight is 1300 g/mol. The first-order valence-electron chi connectivity index (χ1n) is 32.8. The zero-order valence-electron chi connectivity index (χ0n) is 57.8. The lowest BCUT2D eigenvalue weighted by atomic mass is 9.85. The molecule has 4 amide bonds. The smallest absolute Gasteiger partial charge is 0.325 e. The van der Waals surface area contributed by atoms with Crippen molar-refractivity contribution in [2.24, 2.45) is 35.5 Å². The number of aliphatic carboxylic acids is 1. The molecule has 2 aliphatic heterocycles. The van der Waals surface area contributed by atoms with Gasteiger partial charge in [0.05, 0.1) is 29.6 Å². The fourth-order valence-electron chi connectivity index (χ4n) is 10.7. The zero-order chi connectivity index (χ0) is 70.1. The fourth-order valence-corrected chi connectivity index (χ4v) is 10.7. The minimum absolute atomic E-state index is 0.0175. The first kappa shape index (κ1) is 78.0. The Bertz CT molecular complexity index is 3350. The van der Waals surface area contributed by atoms with Gasteiger partial charge < -0.3 is 30.0 Å². The average Bonchev–Trinajstić information content (AvgIpc) is 0.995. The second-order valence-electron chi connectivity index (χ2n) is 25.7. The van der Waals surface area contributed by atoms with Gasteiger partial charge in [-0.05, 0) is 171 Å². The number of carboxylic acids is 1. The number of fused-ring (bicyclic) bond motifs is 2. The summed E-state index contributed by atoms with van der Waals surface area (Å²) in [5.41, 5.74) is 8.53. The van der Waals surface area contributed by atoms with Crippen LogP contribution in [0.4, 0.5) is 0 Å². The number of benzene rings is 2. The van der Waals surface area contributed by atoms with Crippen molar-refractivity contribution >= 4 is 87.0 Å². The van der Waals surface area contributed by atoms with E-state index in [2.05, 4.69) is 44.6 Å². The van der Waals surface area contributed by atoms with Gasteiger partial charge in [0.1, 0.15) is 47.8 Å². The topological polar surface area (TPSA) is 282 Å². The number of hydrogen-bond acceptors (Lipinski definition) is 16. The second kappa shape index (κ2) is 37.5. The third-order valence-electron chi connectivity index (χ3n) is 16.4. The number of carbonyl (C=O) groups excluding carboxylic acids is 8. The molecule has 10 atom stereocenters. The van der Waals surface area contributed by atoms with Crippen LogP contribution in [-0.2, 0) is 57.4 Å². The molecule has 21 nitrogen and oxygen atoms in total.